The second kappa shape index (κ2) is 12.4. The third-order valence-corrected chi connectivity index (χ3v) is 16.3. The molecule has 8 aliphatic heterocycles. The molecular formula is C36H55F3O12S. The van der Waals surface area contributed by atoms with Crippen LogP contribution in [0.1, 0.15) is 99.8 Å². The van der Waals surface area contributed by atoms with Crippen LogP contribution in [-0.2, 0) is 57.8 Å². The van der Waals surface area contributed by atoms with E-state index >= 15 is 13.2 Å². The summed E-state index contributed by atoms with van der Waals surface area (Å²) in [5.74, 6) is -9.31. The van der Waals surface area contributed by atoms with Crippen molar-refractivity contribution in [3.63, 3.8) is 0 Å². The molecule has 0 radical (unpaired) electrons. The van der Waals surface area contributed by atoms with E-state index in [4.69, 9.17) is 48.0 Å². The summed E-state index contributed by atoms with van der Waals surface area (Å²) >= 11 is 0. The Morgan fingerprint density at radius 1 is 0.615 bits per heavy atom. The van der Waals surface area contributed by atoms with Gasteiger partial charge in [0.1, 0.15) is 0 Å². The fourth-order valence-electron chi connectivity index (χ4n) is 11.5. The summed E-state index contributed by atoms with van der Waals surface area (Å²) in [7, 11) is -3.94. The smallest absolute Gasteiger partial charge is 0.349 e. The average molecular weight is 769 g/mol. The quantitative estimate of drug-likeness (QED) is 0.262. The molecule has 2 spiro atoms. The molecule has 0 unspecified atom stereocenters. The highest BCUT2D eigenvalue weighted by atomic mass is 32.2. The van der Waals surface area contributed by atoms with Crippen LogP contribution in [0.25, 0.3) is 0 Å². The molecule has 0 aromatic heterocycles. The Kier molecular flexibility index (Phi) is 9.13. The molecule has 2 aliphatic carbocycles. The summed E-state index contributed by atoms with van der Waals surface area (Å²) in [4.78, 5) is 23.8. The maximum atomic E-state index is 15.2. The van der Waals surface area contributed by atoms with E-state index < -0.39 is 92.9 Å². The number of alkyl halides is 3. The van der Waals surface area contributed by atoms with Crippen LogP contribution in [0.4, 0.5) is 13.2 Å². The minimum absolute atomic E-state index is 0.0323. The molecular weight excluding hydrogens is 713 g/mol. The number of halogens is 3. The molecule has 52 heavy (non-hydrogen) atoms. The van der Waals surface area contributed by atoms with Gasteiger partial charge in [-0.2, -0.15) is 13.2 Å². The van der Waals surface area contributed by atoms with E-state index in [1.165, 1.54) is 6.92 Å². The molecule has 0 amide bonds. The molecule has 10 aliphatic rings. The van der Waals surface area contributed by atoms with E-state index in [0.29, 0.717) is 38.0 Å². The van der Waals surface area contributed by atoms with Crippen molar-refractivity contribution in [3.8, 4) is 0 Å². The lowest BCUT2D eigenvalue weighted by atomic mass is 9.57. The number of ether oxygens (including phenoxy) is 6. The van der Waals surface area contributed by atoms with E-state index in [9.17, 15) is 8.42 Å². The molecule has 10 rings (SSSR count). The molecule has 0 aromatic carbocycles. The lowest BCUT2D eigenvalue weighted by molar-refractivity contribution is -0.598. The van der Waals surface area contributed by atoms with Gasteiger partial charge in [-0.05, 0) is 83.0 Å². The Morgan fingerprint density at radius 2 is 1.10 bits per heavy atom. The standard InChI is InChI=1S/C36H55F3O12S/c1-20-8-10-26-22(3)32(7,46-28-33(26)24(20)12-14-30(5,44-28)48-50-33)42-16-18-52(40,41)19-17-43-35(36(37,38)39)23(4)27-11-9-21(2)25-13-15-31(6)45-29(47-35)34(25,27)51-49-31/h20-29H,8-19H2,1-7H3/t20-,21-,22-,23-,24+,25+,26+,27+,28+,29+,30+,31+,32+,33-,34-,35-/m1/s1. The predicted octanol–water partition coefficient (Wildman–Crippen LogP) is 6.17. The van der Waals surface area contributed by atoms with E-state index in [1.807, 2.05) is 13.8 Å². The van der Waals surface area contributed by atoms with E-state index in [0.717, 1.165) is 19.3 Å². The van der Waals surface area contributed by atoms with Crippen LogP contribution < -0.4 is 0 Å². The number of fused-ring (bicyclic) bond motifs is 4. The Labute approximate surface area is 304 Å². The molecule has 298 valence electrons. The zero-order chi connectivity index (χ0) is 37.3. The van der Waals surface area contributed by atoms with Gasteiger partial charge in [-0.15, -0.1) is 0 Å². The van der Waals surface area contributed by atoms with Crippen molar-refractivity contribution in [3.05, 3.63) is 0 Å². The highest BCUT2D eigenvalue weighted by Crippen LogP contribution is 2.65. The van der Waals surface area contributed by atoms with Gasteiger partial charge < -0.3 is 28.4 Å². The van der Waals surface area contributed by atoms with Crippen molar-refractivity contribution in [1.29, 1.82) is 0 Å². The van der Waals surface area contributed by atoms with Gasteiger partial charge in [0.2, 0.25) is 11.6 Å². The van der Waals surface area contributed by atoms with Gasteiger partial charge in [0.25, 0.3) is 5.79 Å². The van der Waals surface area contributed by atoms with Crippen LogP contribution in [0.5, 0.6) is 0 Å². The van der Waals surface area contributed by atoms with Crippen LogP contribution in [0.15, 0.2) is 0 Å². The van der Waals surface area contributed by atoms with Crippen molar-refractivity contribution in [2.24, 2.45) is 47.3 Å². The monoisotopic (exact) mass is 768 g/mol. The second-order valence-electron chi connectivity index (χ2n) is 17.7. The van der Waals surface area contributed by atoms with Crippen molar-refractivity contribution in [2.45, 2.75) is 153 Å². The summed E-state index contributed by atoms with van der Waals surface area (Å²) in [6, 6.07) is 0. The van der Waals surface area contributed by atoms with Gasteiger partial charge in [-0.3, -0.25) is 0 Å². The maximum absolute atomic E-state index is 15.2. The molecule has 16 atom stereocenters. The summed E-state index contributed by atoms with van der Waals surface area (Å²) in [5.41, 5.74) is -2.04. The largest absolute Gasteiger partial charge is 0.443 e. The fraction of sp³-hybridized carbons (Fsp3) is 1.00. The molecule has 4 bridgehead atoms. The Balaban J connectivity index is 0.944. The first-order chi connectivity index (χ1) is 24.2. The highest BCUT2D eigenvalue weighted by Gasteiger charge is 2.77. The second-order valence-corrected chi connectivity index (χ2v) is 20.0. The molecule has 2 saturated carbocycles. The molecule has 8 heterocycles. The van der Waals surface area contributed by atoms with Crippen molar-refractivity contribution >= 4 is 9.84 Å². The van der Waals surface area contributed by atoms with E-state index in [2.05, 4.69) is 13.8 Å². The number of rotatable bonds is 8. The normalized spacial score (nSPS) is 54.2. The summed E-state index contributed by atoms with van der Waals surface area (Å²) < 4.78 is 109. The molecule has 10 fully saturated rings. The van der Waals surface area contributed by atoms with Crippen LogP contribution in [-0.4, -0.2) is 86.2 Å². The van der Waals surface area contributed by atoms with Gasteiger partial charge in [-0.25, -0.2) is 28.0 Å². The van der Waals surface area contributed by atoms with Gasteiger partial charge in [0, 0.05) is 36.5 Å². The van der Waals surface area contributed by atoms with Crippen LogP contribution in [0, 0.1) is 47.3 Å². The fourth-order valence-corrected chi connectivity index (χ4v) is 12.4. The summed E-state index contributed by atoms with van der Waals surface area (Å²) in [6.07, 6.45) is -1.63. The highest BCUT2D eigenvalue weighted by molar-refractivity contribution is 7.91. The minimum Gasteiger partial charge on any atom is -0.349 e. The van der Waals surface area contributed by atoms with Gasteiger partial charge >= 0.3 is 6.18 Å². The average Bonchev–Trinajstić information content (AvgIpc) is 3.43. The SMILES string of the molecule is C[C@@H]1CC[C@H]2[C@@H](C)[C@@](C)(OCCS(=O)(=O)CCO[C@@]3(C(F)(F)F)O[C@@H]4O[C@]5(C)CC[C@H]6[C@H](C)CC[C@@H]([C@H]3C)[C@@]46OO5)O[C@@H]3O[C@]4(C)CC[C@@H]1[C@]32OO4. The van der Waals surface area contributed by atoms with Crippen LogP contribution >= 0.6 is 0 Å². The first-order valence-electron chi connectivity index (χ1n) is 19.2. The molecule has 8 saturated heterocycles. The Morgan fingerprint density at radius 3 is 1.62 bits per heavy atom. The number of hydrogen-bond donors (Lipinski definition) is 0. The van der Waals surface area contributed by atoms with Gasteiger partial charge in [0.15, 0.2) is 39.4 Å². The van der Waals surface area contributed by atoms with Gasteiger partial charge in [-0.1, -0.05) is 27.7 Å². The lowest BCUT2D eigenvalue weighted by Crippen LogP contribution is -2.76. The predicted molar refractivity (Wildman–Crippen MR) is 174 cm³/mol. The van der Waals surface area contributed by atoms with E-state index in [1.54, 1.807) is 13.8 Å². The third-order valence-electron chi connectivity index (χ3n) is 14.7. The first kappa shape index (κ1) is 38.2. The Hall–Kier alpha value is -0.660. The van der Waals surface area contributed by atoms with Crippen LogP contribution in [0.3, 0.4) is 0 Å². The molecule has 16 heteroatoms. The summed E-state index contributed by atoms with van der Waals surface area (Å²) in [6.45, 7) is 12.0. The van der Waals surface area contributed by atoms with Crippen molar-refractivity contribution < 1.29 is 69.6 Å². The molecule has 12 nitrogen and oxygen atoms in total. The lowest BCUT2D eigenvalue weighted by Gasteiger charge is -2.62. The third kappa shape index (κ3) is 5.53. The van der Waals surface area contributed by atoms with E-state index in [-0.39, 0.29) is 36.2 Å². The zero-order valence-corrected chi connectivity index (χ0v) is 32.0. The van der Waals surface area contributed by atoms with Crippen LogP contribution in [0.2, 0.25) is 0 Å². The number of sulfone groups is 1. The zero-order valence-electron chi connectivity index (χ0n) is 31.2. The van der Waals surface area contributed by atoms with Crippen molar-refractivity contribution in [1.82, 2.24) is 0 Å². The maximum Gasteiger partial charge on any atom is 0.443 e. The summed E-state index contributed by atoms with van der Waals surface area (Å²) in [5, 5.41) is 0. The molecule has 0 aromatic rings. The topological polar surface area (TPSA) is 126 Å². The molecule has 0 N–H and O–H groups in total. The minimum atomic E-state index is -5.00. The van der Waals surface area contributed by atoms with Crippen molar-refractivity contribution in [2.75, 3.05) is 24.7 Å². The first-order valence-corrected chi connectivity index (χ1v) is 21.1. The number of hydrogen-bond acceptors (Lipinski definition) is 12. The van der Waals surface area contributed by atoms with Gasteiger partial charge in [0.05, 0.1) is 24.7 Å². The Bertz CT molecular complexity index is 1500.